The summed E-state index contributed by atoms with van der Waals surface area (Å²) >= 11 is 0. The summed E-state index contributed by atoms with van der Waals surface area (Å²) in [6, 6.07) is 0. The van der Waals surface area contributed by atoms with Gasteiger partial charge in [0.1, 0.15) is 0 Å². The normalized spacial score (nSPS) is 21.5. The molecule has 11 heavy (non-hydrogen) atoms. The maximum atomic E-state index is 5.59. The predicted molar refractivity (Wildman–Crippen MR) is 46.5 cm³/mol. The van der Waals surface area contributed by atoms with Crippen LogP contribution < -0.4 is 5.73 Å². The molecule has 0 atom stereocenters. The molecule has 0 saturated heterocycles. The van der Waals surface area contributed by atoms with Crippen molar-refractivity contribution in [3.8, 4) is 0 Å². The first-order valence-electron chi connectivity index (χ1n) is 4.75. The van der Waals surface area contributed by atoms with Gasteiger partial charge in [-0.25, -0.2) is 0 Å². The molecule has 1 aliphatic carbocycles. The molecular formula is C9H19NO. The second kappa shape index (κ2) is 5.56. The number of hydrogen-bond donors (Lipinski definition) is 1. The smallest absolute Gasteiger partial charge is 0.0592 e. The number of hydrogen-bond acceptors (Lipinski definition) is 2. The summed E-state index contributed by atoms with van der Waals surface area (Å²) < 4.78 is 5.59. The lowest BCUT2D eigenvalue weighted by atomic mass is 10.1. The number of nitrogens with two attached hydrogens (primary N) is 1. The fourth-order valence-corrected chi connectivity index (χ4v) is 1.64. The van der Waals surface area contributed by atoms with E-state index in [9.17, 15) is 0 Å². The van der Waals surface area contributed by atoms with Gasteiger partial charge in [-0.3, -0.25) is 0 Å². The van der Waals surface area contributed by atoms with Crippen molar-refractivity contribution in [2.45, 2.75) is 44.6 Å². The van der Waals surface area contributed by atoms with E-state index in [0.717, 1.165) is 6.61 Å². The molecule has 1 saturated carbocycles. The van der Waals surface area contributed by atoms with E-state index in [-0.39, 0.29) is 0 Å². The molecule has 0 aromatic heterocycles. The Labute approximate surface area is 69.1 Å². The van der Waals surface area contributed by atoms with Crippen molar-refractivity contribution in [1.82, 2.24) is 0 Å². The van der Waals surface area contributed by atoms with Crippen LogP contribution in [0.2, 0.25) is 0 Å². The van der Waals surface area contributed by atoms with Crippen molar-refractivity contribution in [3.63, 3.8) is 0 Å². The Morgan fingerprint density at radius 3 is 2.27 bits per heavy atom. The molecule has 0 heterocycles. The van der Waals surface area contributed by atoms with E-state index >= 15 is 0 Å². The third-order valence-electron chi connectivity index (χ3n) is 2.27. The highest BCUT2D eigenvalue weighted by atomic mass is 16.5. The minimum atomic E-state index is 0.515. The van der Waals surface area contributed by atoms with Gasteiger partial charge in [0, 0.05) is 6.54 Å². The second-order valence-electron chi connectivity index (χ2n) is 3.27. The minimum Gasteiger partial charge on any atom is -0.377 e. The van der Waals surface area contributed by atoms with Crippen molar-refractivity contribution in [3.05, 3.63) is 0 Å². The van der Waals surface area contributed by atoms with E-state index in [1.165, 1.54) is 38.5 Å². The molecule has 1 rings (SSSR count). The van der Waals surface area contributed by atoms with Crippen LogP contribution in [0.1, 0.15) is 38.5 Å². The van der Waals surface area contributed by atoms with Crippen LogP contribution in [0.4, 0.5) is 0 Å². The molecule has 1 aliphatic rings. The van der Waals surface area contributed by atoms with E-state index in [4.69, 9.17) is 10.5 Å². The Hall–Kier alpha value is -0.0800. The van der Waals surface area contributed by atoms with E-state index in [1.807, 2.05) is 0 Å². The van der Waals surface area contributed by atoms with Crippen LogP contribution in [-0.2, 0) is 4.74 Å². The largest absolute Gasteiger partial charge is 0.377 e. The Morgan fingerprint density at radius 2 is 1.73 bits per heavy atom. The summed E-state index contributed by atoms with van der Waals surface area (Å²) in [6.45, 7) is 1.40. The summed E-state index contributed by atoms with van der Waals surface area (Å²) in [5, 5.41) is 0. The molecule has 0 amide bonds. The van der Waals surface area contributed by atoms with Crippen LogP contribution in [0.15, 0.2) is 0 Å². The fraction of sp³-hybridized carbons (Fsp3) is 1.00. The average molecular weight is 157 g/mol. The van der Waals surface area contributed by atoms with Crippen molar-refractivity contribution in [1.29, 1.82) is 0 Å². The summed E-state index contributed by atoms with van der Waals surface area (Å²) in [7, 11) is 0. The Balaban J connectivity index is 2.09. The van der Waals surface area contributed by atoms with E-state index in [1.54, 1.807) is 0 Å². The highest BCUT2D eigenvalue weighted by Crippen LogP contribution is 2.19. The zero-order chi connectivity index (χ0) is 7.94. The standard InChI is InChI=1S/C9H19NO/c10-7-8-11-9-5-3-1-2-4-6-9/h9H,1-8,10H2. The Bertz CT molecular complexity index is 87.6. The quantitative estimate of drug-likeness (QED) is 0.633. The first kappa shape index (κ1) is 9.01. The lowest BCUT2D eigenvalue weighted by Gasteiger charge is -2.13. The molecule has 0 aliphatic heterocycles. The molecule has 2 nitrogen and oxygen atoms in total. The molecule has 0 unspecified atom stereocenters. The van der Waals surface area contributed by atoms with Gasteiger partial charge >= 0.3 is 0 Å². The zero-order valence-electron chi connectivity index (χ0n) is 7.22. The van der Waals surface area contributed by atoms with Crippen LogP contribution in [0, 0.1) is 0 Å². The van der Waals surface area contributed by atoms with Gasteiger partial charge in [-0.2, -0.15) is 0 Å². The van der Waals surface area contributed by atoms with Gasteiger partial charge in [0.25, 0.3) is 0 Å². The minimum absolute atomic E-state index is 0.515. The maximum Gasteiger partial charge on any atom is 0.0592 e. The van der Waals surface area contributed by atoms with Crippen molar-refractivity contribution < 1.29 is 4.74 Å². The van der Waals surface area contributed by atoms with E-state index in [0.29, 0.717) is 12.6 Å². The van der Waals surface area contributed by atoms with Crippen LogP contribution in [0.5, 0.6) is 0 Å². The zero-order valence-corrected chi connectivity index (χ0v) is 7.22. The third-order valence-corrected chi connectivity index (χ3v) is 2.27. The molecule has 0 spiro atoms. The van der Waals surface area contributed by atoms with Crippen LogP contribution in [0.3, 0.4) is 0 Å². The van der Waals surface area contributed by atoms with Gasteiger partial charge in [-0.1, -0.05) is 25.7 Å². The molecule has 0 bridgehead atoms. The topological polar surface area (TPSA) is 35.2 Å². The van der Waals surface area contributed by atoms with Gasteiger partial charge < -0.3 is 10.5 Å². The number of rotatable bonds is 3. The third kappa shape index (κ3) is 3.73. The molecular weight excluding hydrogens is 138 g/mol. The SMILES string of the molecule is NCCOC1CCCCCC1. The highest BCUT2D eigenvalue weighted by Gasteiger charge is 2.11. The average Bonchev–Trinajstić information content (AvgIpc) is 2.28. The summed E-state index contributed by atoms with van der Waals surface area (Å²) in [6.07, 6.45) is 8.48. The summed E-state index contributed by atoms with van der Waals surface area (Å²) in [5.74, 6) is 0. The highest BCUT2D eigenvalue weighted by molar-refractivity contribution is 4.63. The van der Waals surface area contributed by atoms with Gasteiger partial charge in [0.05, 0.1) is 12.7 Å². The van der Waals surface area contributed by atoms with Crippen molar-refractivity contribution in [2.75, 3.05) is 13.2 Å². The number of ether oxygens (including phenoxy) is 1. The van der Waals surface area contributed by atoms with Gasteiger partial charge in [-0.05, 0) is 12.8 Å². The van der Waals surface area contributed by atoms with Crippen LogP contribution >= 0.6 is 0 Å². The summed E-state index contributed by atoms with van der Waals surface area (Å²) in [4.78, 5) is 0. The van der Waals surface area contributed by atoms with Gasteiger partial charge in [0.2, 0.25) is 0 Å². The fourth-order valence-electron chi connectivity index (χ4n) is 1.64. The molecule has 0 radical (unpaired) electrons. The first-order chi connectivity index (χ1) is 5.43. The molecule has 0 aromatic carbocycles. The first-order valence-corrected chi connectivity index (χ1v) is 4.75. The van der Waals surface area contributed by atoms with Gasteiger partial charge in [0.15, 0.2) is 0 Å². The molecule has 2 heteroatoms. The Kier molecular flexibility index (Phi) is 4.55. The molecule has 66 valence electrons. The molecule has 0 aromatic rings. The maximum absolute atomic E-state index is 5.59. The van der Waals surface area contributed by atoms with Gasteiger partial charge in [-0.15, -0.1) is 0 Å². The second-order valence-corrected chi connectivity index (χ2v) is 3.27. The summed E-state index contributed by atoms with van der Waals surface area (Å²) in [5.41, 5.74) is 5.36. The van der Waals surface area contributed by atoms with Crippen molar-refractivity contribution >= 4 is 0 Å². The molecule has 2 N–H and O–H groups in total. The van der Waals surface area contributed by atoms with E-state index in [2.05, 4.69) is 0 Å². The van der Waals surface area contributed by atoms with E-state index < -0.39 is 0 Å². The lowest BCUT2D eigenvalue weighted by molar-refractivity contribution is 0.0485. The molecule has 1 fully saturated rings. The lowest BCUT2D eigenvalue weighted by Crippen LogP contribution is -2.17. The predicted octanol–water partition coefficient (Wildman–Crippen LogP) is 1.68. The monoisotopic (exact) mass is 157 g/mol. The Morgan fingerprint density at radius 1 is 1.09 bits per heavy atom. The van der Waals surface area contributed by atoms with Crippen molar-refractivity contribution in [2.24, 2.45) is 5.73 Å². The van der Waals surface area contributed by atoms with Crippen LogP contribution in [0.25, 0.3) is 0 Å². The van der Waals surface area contributed by atoms with Crippen LogP contribution in [-0.4, -0.2) is 19.3 Å².